The van der Waals surface area contributed by atoms with E-state index >= 15 is 0 Å². The van der Waals surface area contributed by atoms with Gasteiger partial charge in [0.2, 0.25) is 20.9 Å². The Bertz CT molecular complexity index is 1080. The minimum atomic E-state index is -3.81. The lowest BCUT2D eigenvalue weighted by molar-refractivity contribution is -0.150. The van der Waals surface area contributed by atoms with Crippen LogP contribution in [0.3, 0.4) is 0 Å². The standard InChI is InChI=1S/C16H18N4O8S2/c1-8(21)20(18-5-4-17-16(18)30(3,26)27)12-13(23)19-11(15(24)25)10(6-28-9(2)22)7-29-14(12)19/h4-5,12,14H,6-7H2,1-3H3,(H,24,25). The normalized spacial score (nSPS) is 21.0. The molecule has 1 N–H and O–H groups in total. The summed E-state index contributed by atoms with van der Waals surface area (Å²) in [6.07, 6.45) is 3.34. The van der Waals surface area contributed by atoms with Crippen molar-refractivity contribution in [1.29, 1.82) is 0 Å². The lowest BCUT2D eigenvalue weighted by Gasteiger charge is -2.52. The van der Waals surface area contributed by atoms with Crippen LogP contribution >= 0.6 is 11.8 Å². The quantitative estimate of drug-likeness (QED) is 0.412. The monoisotopic (exact) mass is 458 g/mol. The summed E-state index contributed by atoms with van der Waals surface area (Å²) in [7, 11) is -3.81. The third kappa shape index (κ3) is 3.67. The Hall–Kier alpha value is -2.87. The predicted octanol–water partition coefficient (Wildman–Crippen LogP) is -1.04. The molecule has 2 aliphatic heterocycles. The van der Waals surface area contributed by atoms with Gasteiger partial charge in [-0.25, -0.2) is 27.9 Å². The van der Waals surface area contributed by atoms with Crippen molar-refractivity contribution in [2.24, 2.45) is 0 Å². The van der Waals surface area contributed by atoms with E-state index in [1.165, 1.54) is 31.1 Å². The number of thioether (sulfide) groups is 1. The fourth-order valence-corrected chi connectivity index (χ4v) is 5.35. The van der Waals surface area contributed by atoms with Gasteiger partial charge in [0.1, 0.15) is 17.7 Å². The first-order chi connectivity index (χ1) is 13.9. The second kappa shape index (κ2) is 7.75. The summed E-state index contributed by atoms with van der Waals surface area (Å²) in [6.45, 7) is 2.07. The molecule has 2 unspecified atom stereocenters. The highest BCUT2D eigenvalue weighted by Crippen LogP contribution is 2.42. The average molecular weight is 458 g/mol. The number of esters is 1. The van der Waals surface area contributed by atoms with Gasteiger partial charge >= 0.3 is 11.9 Å². The van der Waals surface area contributed by atoms with Crippen molar-refractivity contribution in [2.75, 3.05) is 23.6 Å². The molecule has 162 valence electrons. The minimum absolute atomic E-state index is 0.147. The molecule has 0 bridgehead atoms. The number of aliphatic carboxylic acids is 1. The topological polar surface area (TPSA) is 156 Å². The number of carboxylic acids is 1. The second-order valence-electron chi connectivity index (χ2n) is 6.58. The third-order valence-electron chi connectivity index (χ3n) is 4.41. The number of imidazole rings is 1. The van der Waals surface area contributed by atoms with Crippen molar-refractivity contribution in [3.05, 3.63) is 23.7 Å². The number of hydrogen-bond acceptors (Lipinski definition) is 9. The van der Waals surface area contributed by atoms with E-state index in [1.54, 1.807) is 0 Å². The molecule has 3 heterocycles. The zero-order valence-electron chi connectivity index (χ0n) is 16.1. The van der Waals surface area contributed by atoms with Gasteiger partial charge in [0.25, 0.3) is 5.91 Å². The summed E-state index contributed by atoms with van der Waals surface area (Å²) in [4.78, 5) is 52.9. The van der Waals surface area contributed by atoms with Crippen LogP contribution in [0.15, 0.2) is 28.8 Å². The molecule has 2 amide bonds. The SMILES string of the molecule is CC(=O)OCC1=C(C(=O)O)N2C(=O)C(N(C(C)=O)n3ccnc3S(C)(=O)=O)C2SC1. The molecule has 0 aromatic carbocycles. The maximum atomic E-state index is 12.9. The molecule has 30 heavy (non-hydrogen) atoms. The number of fused-ring (bicyclic) bond motifs is 1. The molecule has 0 spiro atoms. The smallest absolute Gasteiger partial charge is 0.352 e. The van der Waals surface area contributed by atoms with Crippen molar-refractivity contribution in [2.45, 2.75) is 30.4 Å². The minimum Gasteiger partial charge on any atom is -0.477 e. The molecule has 1 aromatic heterocycles. The summed E-state index contributed by atoms with van der Waals surface area (Å²) in [5.41, 5.74) is -0.0571. The number of carbonyl (C=O) groups is 4. The van der Waals surface area contributed by atoms with Gasteiger partial charge in [0.15, 0.2) is 6.04 Å². The van der Waals surface area contributed by atoms with Crippen molar-refractivity contribution < 1.29 is 37.4 Å². The summed E-state index contributed by atoms with van der Waals surface area (Å²) >= 11 is 1.18. The van der Waals surface area contributed by atoms with E-state index in [1.807, 2.05) is 0 Å². The van der Waals surface area contributed by atoms with E-state index in [9.17, 15) is 32.7 Å². The summed E-state index contributed by atoms with van der Waals surface area (Å²) in [5.74, 6) is -3.14. The highest BCUT2D eigenvalue weighted by Gasteiger charge is 2.57. The molecule has 12 nitrogen and oxygen atoms in total. The van der Waals surface area contributed by atoms with Gasteiger partial charge in [-0.3, -0.25) is 19.3 Å². The first kappa shape index (κ1) is 21.8. The average Bonchev–Trinajstić information content (AvgIpc) is 3.12. The summed E-state index contributed by atoms with van der Waals surface area (Å²) in [6, 6.07) is -1.13. The molecule has 1 fully saturated rings. The van der Waals surface area contributed by atoms with Crippen LogP contribution in [0.5, 0.6) is 0 Å². The number of aromatic nitrogens is 2. The maximum Gasteiger partial charge on any atom is 0.352 e. The van der Waals surface area contributed by atoms with Crippen molar-refractivity contribution >= 4 is 45.4 Å². The largest absolute Gasteiger partial charge is 0.477 e. The Morgan fingerprint density at radius 1 is 1.37 bits per heavy atom. The number of carboxylic acid groups (broad SMARTS) is 1. The van der Waals surface area contributed by atoms with Crippen molar-refractivity contribution in [3.8, 4) is 0 Å². The van der Waals surface area contributed by atoms with Gasteiger partial charge in [-0.05, 0) is 0 Å². The third-order valence-corrected chi connectivity index (χ3v) is 6.69. The lowest BCUT2D eigenvalue weighted by atomic mass is 10.0. The summed E-state index contributed by atoms with van der Waals surface area (Å²) < 4.78 is 29.9. The van der Waals surface area contributed by atoms with Crippen LogP contribution < -0.4 is 5.01 Å². The lowest BCUT2D eigenvalue weighted by Crippen LogP contribution is -2.73. The van der Waals surface area contributed by atoms with E-state index in [0.717, 1.165) is 27.8 Å². The van der Waals surface area contributed by atoms with Crippen LogP contribution in [0.25, 0.3) is 0 Å². The van der Waals surface area contributed by atoms with Gasteiger partial charge in [-0.1, -0.05) is 0 Å². The van der Waals surface area contributed by atoms with Gasteiger partial charge < -0.3 is 9.84 Å². The Morgan fingerprint density at radius 2 is 2.03 bits per heavy atom. The number of rotatable bonds is 6. The van der Waals surface area contributed by atoms with E-state index in [2.05, 4.69) is 4.98 Å². The molecule has 2 atom stereocenters. The molecule has 1 aromatic rings. The van der Waals surface area contributed by atoms with Crippen molar-refractivity contribution in [3.63, 3.8) is 0 Å². The molecule has 1 saturated heterocycles. The molecule has 0 saturated carbocycles. The van der Waals surface area contributed by atoms with Crippen molar-refractivity contribution in [1.82, 2.24) is 14.6 Å². The fraction of sp³-hybridized carbons (Fsp3) is 0.438. The molecule has 14 heteroatoms. The van der Waals surface area contributed by atoms with E-state index in [4.69, 9.17) is 4.74 Å². The Balaban J connectivity index is 1.98. The summed E-state index contributed by atoms with van der Waals surface area (Å²) in [5, 5.41) is 9.38. The number of sulfone groups is 1. The van der Waals surface area contributed by atoms with Crippen LogP contribution in [0.4, 0.5) is 0 Å². The number of β-lactam (4-membered cyclic amide) rings is 1. The van der Waals surface area contributed by atoms with Gasteiger partial charge in [-0.15, -0.1) is 11.8 Å². The number of carbonyl (C=O) groups excluding carboxylic acids is 3. The van der Waals surface area contributed by atoms with Crippen LogP contribution in [0.2, 0.25) is 0 Å². The molecule has 0 radical (unpaired) electrons. The molecular formula is C16H18N4O8S2. The van der Waals surface area contributed by atoms with Gasteiger partial charge in [0, 0.05) is 43.8 Å². The first-order valence-electron chi connectivity index (χ1n) is 8.52. The van der Waals surface area contributed by atoms with Crippen LogP contribution in [0, 0.1) is 0 Å². The fourth-order valence-electron chi connectivity index (χ4n) is 3.25. The number of ether oxygens (including phenoxy) is 1. The van der Waals surface area contributed by atoms with E-state index in [0.29, 0.717) is 0 Å². The predicted molar refractivity (Wildman–Crippen MR) is 102 cm³/mol. The van der Waals surface area contributed by atoms with Crippen LogP contribution in [-0.4, -0.2) is 81.9 Å². The highest BCUT2D eigenvalue weighted by molar-refractivity contribution is 8.00. The number of hydrogen-bond donors (Lipinski definition) is 1. The van der Waals surface area contributed by atoms with Crippen LogP contribution in [-0.2, 0) is 33.8 Å². The number of nitrogens with zero attached hydrogens (tertiary/aromatic N) is 4. The molecule has 2 aliphatic rings. The Labute approximate surface area is 175 Å². The first-order valence-corrected chi connectivity index (χ1v) is 11.5. The Morgan fingerprint density at radius 3 is 2.57 bits per heavy atom. The van der Waals surface area contributed by atoms with Crippen LogP contribution in [0.1, 0.15) is 13.8 Å². The van der Waals surface area contributed by atoms with E-state index in [-0.39, 0.29) is 23.6 Å². The maximum absolute atomic E-state index is 12.9. The van der Waals surface area contributed by atoms with Gasteiger partial charge in [0.05, 0.1) is 0 Å². The zero-order chi connectivity index (χ0) is 22.4. The number of amides is 2. The zero-order valence-corrected chi connectivity index (χ0v) is 17.8. The Kier molecular flexibility index (Phi) is 5.64. The highest BCUT2D eigenvalue weighted by atomic mass is 32.2. The molecule has 0 aliphatic carbocycles. The molecular weight excluding hydrogens is 440 g/mol. The van der Waals surface area contributed by atoms with E-state index < -0.39 is 50.2 Å². The van der Waals surface area contributed by atoms with Gasteiger partial charge in [-0.2, -0.15) is 0 Å². The molecule has 3 rings (SSSR count). The second-order valence-corrected chi connectivity index (χ2v) is 9.60.